The molecule has 5 nitrogen and oxygen atoms in total. The number of nitrogens with one attached hydrogen (secondary N) is 2. The van der Waals surface area contributed by atoms with Gasteiger partial charge in [0.1, 0.15) is 0 Å². The van der Waals surface area contributed by atoms with Gasteiger partial charge in [-0.2, -0.15) is 10.1 Å². The zero-order chi connectivity index (χ0) is 16.9. The van der Waals surface area contributed by atoms with Crippen molar-refractivity contribution < 1.29 is 0 Å². The first kappa shape index (κ1) is 16.5. The Balaban J connectivity index is 1.71. The fraction of sp³-hybridized carbons (Fsp3) is 0.118. The van der Waals surface area contributed by atoms with Gasteiger partial charge in [-0.3, -0.25) is 0 Å². The van der Waals surface area contributed by atoms with E-state index < -0.39 is 0 Å². The second-order valence-corrected chi connectivity index (χ2v) is 6.10. The molecule has 0 atom stereocenters. The zero-order valence-corrected chi connectivity index (χ0v) is 14.4. The molecule has 0 saturated heterocycles. The smallest absolute Gasteiger partial charge is 0.244 e. The molecular weight excluding hydrogens is 345 g/mol. The second-order valence-electron chi connectivity index (χ2n) is 5.23. The SMILES string of the molecule is Cc1ccccc1CNc1nncc(Nc2cc(Cl)cc(Cl)c2)n1. The highest BCUT2D eigenvalue weighted by Crippen LogP contribution is 2.24. The largest absolute Gasteiger partial charge is 0.349 e. The summed E-state index contributed by atoms with van der Waals surface area (Å²) in [6.45, 7) is 2.69. The van der Waals surface area contributed by atoms with Crippen LogP contribution in [0.1, 0.15) is 11.1 Å². The van der Waals surface area contributed by atoms with Crippen molar-refractivity contribution in [2.75, 3.05) is 10.6 Å². The number of benzene rings is 2. The summed E-state index contributed by atoms with van der Waals surface area (Å²) >= 11 is 12.0. The van der Waals surface area contributed by atoms with Crippen LogP contribution < -0.4 is 10.6 Å². The summed E-state index contributed by atoms with van der Waals surface area (Å²) in [5, 5.41) is 15.3. The molecule has 1 aromatic heterocycles. The van der Waals surface area contributed by atoms with Gasteiger partial charge < -0.3 is 10.6 Å². The predicted octanol–water partition coefficient (Wildman–Crippen LogP) is 4.84. The van der Waals surface area contributed by atoms with Crippen molar-refractivity contribution in [2.45, 2.75) is 13.5 Å². The highest BCUT2D eigenvalue weighted by molar-refractivity contribution is 6.35. The van der Waals surface area contributed by atoms with E-state index in [-0.39, 0.29) is 0 Å². The molecule has 0 fully saturated rings. The number of rotatable bonds is 5. The first-order chi connectivity index (χ1) is 11.6. The van der Waals surface area contributed by atoms with Gasteiger partial charge in [0.25, 0.3) is 0 Å². The Hall–Kier alpha value is -2.37. The van der Waals surface area contributed by atoms with E-state index >= 15 is 0 Å². The number of anilines is 3. The van der Waals surface area contributed by atoms with Gasteiger partial charge in [-0.25, -0.2) is 0 Å². The maximum atomic E-state index is 5.99. The first-order valence-electron chi connectivity index (χ1n) is 7.31. The van der Waals surface area contributed by atoms with Crippen molar-refractivity contribution in [1.82, 2.24) is 15.2 Å². The monoisotopic (exact) mass is 359 g/mol. The molecule has 24 heavy (non-hydrogen) atoms. The molecule has 122 valence electrons. The minimum absolute atomic E-state index is 0.441. The summed E-state index contributed by atoms with van der Waals surface area (Å²) < 4.78 is 0. The van der Waals surface area contributed by atoms with E-state index in [2.05, 4.69) is 44.9 Å². The Morgan fingerprint density at radius 2 is 1.79 bits per heavy atom. The molecule has 0 unspecified atom stereocenters. The van der Waals surface area contributed by atoms with Crippen molar-refractivity contribution in [1.29, 1.82) is 0 Å². The van der Waals surface area contributed by atoms with Crippen molar-refractivity contribution in [3.8, 4) is 0 Å². The van der Waals surface area contributed by atoms with Gasteiger partial charge in [-0.15, -0.1) is 5.10 Å². The standard InChI is InChI=1S/C17H15Cl2N5/c1-11-4-2-3-5-12(11)9-20-17-23-16(10-21-24-17)22-15-7-13(18)6-14(19)8-15/h2-8,10H,9H2,1H3,(H2,20,22,23,24). The predicted molar refractivity (Wildman–Crippen MR) is 98.1 cm³/mol. The Labute approximate surface area is 150 Å². The zero-order valence-electron chi connectivity index (χ0n) is 12.9. The fourth-order valence-corrected chi connectivity index (χ4v) is 2.72. The highest BCUT2D eigenvalue weighted by atomic mass is 35.5. The summed E-state index contributed by atoms with van der Waals surface area (Å²) in [6.07, 6.45) is 1.54. The Morgan fingerprint density at radius 1 is 1.04 bits per heavy atom. The van der Waals surface area contributed by atoms with Gasteiger partial charge in [-0.05, 0) is 36.2 Å². The third-order valence-corrected chi connectivity index (χ3v) is 3.83. The molecule has 3 rings (SSSR count). The van der Waals surface area contributed by atoms with Gasteiger partial charge in [-0.1, -0.05) is 47.5 Å². The molecule has 2 aromatic carbocycles. The lowest BCUT2D eigenvalue weighted by molar-refractivity contribution is 0.946. The van der Waals surface area contributed by atoms with Crippen LogP contribution >= 0.6 is 23.2 Å². The van der Waals surface area contributed by atoms with E-state index in [1.54, 1.807) is 18.2 Å². The topological polar surface area (TPSA) is 62.7 Å². The Kier molecular flexibility index (Phi) is 5.13. The van der Waals surface area contributed by atoms with E-state index in [1.165, 1.54) is 17.3 Å². The molecule has 3 aromatic rings. The fourth-order valence-electron chi connectivity index (χ4n) is 2.20. The third-order valence-electron chi connectivity index (χ3n) is 3.39. The Bertz CT molecular complexity index is 834. The maximum absolute atomic E-state index is 5.99. The van der Waals surface area contributed by atoms with Crippen molar-refractivity contribution in [3.63, 3.8) is 0 Å². The minimum atomic E-state index is 0.441. The van der Waals surface area contributed by atoms with Crippen LogP contribution in [0.5, 0.6) is 0 Å². The summed E-state index contributed by atoms with van der Waals surface area (Å²) in [5.41, 5.74) is 3.12. The number of hydrogen-bond donors (Lipinski definition) is 2. The molecule has 0 aliphatic rings. The highest BCUT2D eigenvalue weighted by Gasteiger charge is 2.04. The second kappa shape index (κ2) is 7.47. The van der Waals surface area contributed by atoms with Crippen LogP contribution in [-0.2, 0) is 6.54 Å². The molecule has 1 heterocycles. The van der Waals surface area contributed by atoms with Crippen LogP contribution in [0.2, 0.25) is 10.0 Å². The lowest BCUT2D eigenvalue weighted by Gasteiger charge is -2.09. The third kappa shape index (κ3) is 4.34. The molecule has 0 saturated carbocycles. The van der Waals surface area contributed by atoms with Gasteiger partial charge in [0.05, 0.1) is 6.20 Å². The maximum Gasteiger partial charge on any atom is 0.244 e. The van der Waals surface area contributed by atoms with E-state index in [0.29, 0.717) is 28.4 Å². The summed E-state index contributed by atoms with van der Waals surface area (Å²) in [6, 6.07) is 13.3. The average Bonchev–Trinajstić information content (AvgIpc) is 2.53. The Morgan fingerprint density at radius 3 is 2.54 bits per heavy atom. The molecule has 7 heteroatoms. The van der Waals surface area contributed by atoms with Crippen LogP contribution in [0.4, 0.5) is 17.5 Å². The van der Waals surface area contributed by atoms with Crippen LogP contribution in [0.25, 0.3) is 0 Å². The van der Waals surface area contributed by atoms with Crippen molar-refractivity contribution in [3.05, 3.63) is 69.8 Å². The molecular formula is C17H15Cl2N5. The number of hydrogen-bond acceptors (Lipinski definition) is 5. The lowest BCUT2D eigenvalue weighted by atomic mass is 10.1. The van der Waals surface area contributed by atoms with E-state index in [1.807, 2.05) is 12.1 Å². The lowest BCUT2D eigenvalue weighted by Crippen LogP contribution is -2.07. The summed E-state index contributed by atoms with van der Waals surface area (Å²) in [5.74, 6) is 0.993. The van der Waals surface area contributed by atoms with Gasteiger partial charge in [0, 0.05) is 22.3 Å². The quantitative estimate of drug-likeness (QED) is 0.682. The van der Waals surface area contributed by atoms with E-state index in [0.717, 1.165) is 5.69 Å². The molecule has 2 N–H and O–H groups in total. The normalized spacial score (nSPS) is 10.5. The number of nitrogens with zero attached hydrogens (tertiary/aromatic N) is 3. The average molecular weight is 360 g/mol. The van der Waals surface area contributed by atoms with Crippen LogP contribution in [0, 0.1) is 6.92 Å². The summed E-state index contributed by atoms with van der Waals surface area (Å²) in [7, 11) is 0. The van der Waals surface area contributed by atoms with Gasteiger partial charge in [0.2, 0.25) is 5.95 Å². The van der Waals surface area contributed by atoms with Gasteiger partial charge >= 0.3 is 0 Å². The van der Waals surface area contributed by atoms with Gasteiger partial charge in [0.15, 0.2) is 5.82 Å². The number of halogens is 2. The van der Waals surface area contributed by atoms with Crippen LogP contribution in [0.15, 0.2) is 48.7 Å². The molecule has 0 radical (unpaired) electrons. The van der Waals surface area contributed by atoms with Crippen LogP contribution in [-0.4, -0.2) is 15.2 Å². The van der Waals surface area contributed by atoms with E-state index in [4.69, 9.17) is 23.2 Å². The van der Waals surface area contributed by atoms with Crippen LogP contribution in [0.3, 0.4) is 0 Å². The molecule has 0 aliphatic heterocycles. The molecule has 0 bridgehead atoms. The minimum Gasteiger partial charge on any atom is -0.349 e. The van der Waals surface area contributed by atoms with Crippen molar-refractivity contribution in [2.24, 2.45) is 0 Å². The molecule has 0 amide bonds. The summed E-state index contributed by atoms with van der Waals surface area (Å²) in [4.78, 5) is 4.39. The van der Waals surface area contributed by atoms with Crippen molar-refractivity contribution >= 4 is 40.7 Å². The molecule has 0 aliphatic carbocycles. The first-order valence-corrected chi connectivity index (χ1v) is 8.07. The molecule has 0 spiro atoms. The van der Waals surface area contributed by atoms with E-state index in [9.17, 15) is 0 Å². The number of aromatic nitrogens is 3. The number of aryl methyl sites for hydroxylation is 1.